The van der Waals surface area contributed by atoms with Gasteiger partial charge in [0.05, 0.1) is 20.3 Å². The van der Waals surface area contributed by atoms with E-state index < -0.39 is 0 Å². The van der Waals surface area contributed by atoms with Crippen LogP contribution in [0.2, 0.25) is 0 Å². The molecule has 1 N–H and O–H groups in total. The lowest BCUT2D eigenvalue weighted by molar-refractivity contribution is -0.0624. The molecule has 3 rings (SSSR count). The van der Waals surface area contributed by atoms with Gasteiger partial charge in [-0.15, -0.1) is 0 Å². The van der Waals surface area contributed by atoms with Crippen LogP contribution in [0, 0.1) is 0 Å². The van der Waals surface area contributed by atoms with E-state index in [1.165, 1.54) is 5.56 Å². The van der Waals surface area contributed by atoms with E-state index in [2.05, 4.69) is 22.1 Å². The topological polar surface area (TPSA) is 30.5 Å². The Morgan fingerprint density at radius 1 is 1.25 bits per heavy atom. The average molecular weight is 289 g/mol. The van der Waals surface area contributed by atoms with Crippen molar-refractivity contribution in [1.29, 1.82) is 0 Å². The largest absolute Gasteiger partial charge is 0.497 e. The minimum atomic E-state index is 0.222. The molecule has 0 amide bonds. The van der Waals surface area contributed by atoms with E-state index in [1.54, 1.807) is 18.4 Å². The fourth-order valence-corrected chi connectivity index (χ4v) is 3.30. The van der Waals surface area contributed by atoms with Crippen molar-refractivity contribution in [1.82, 2.24) is 0 Å². The van der Waals surface area contributed by atoms with Gasteiger partial charge in [0.1, 0.15) is 5.75 Å². The molecule has 20 heavy (non-hydrogen) atoms. The molecule has 2 aromatic rings. The average Bonchev–Trinajstić information content (AvgIpc) is 2.97. The van der Waals surface area contributed by atoms with Crippen LogP contribution in [0.25, 0.3) is 0 Å². The van der Waals surface area contributed by atoms with Gasteiger partial charge in [-0.2, -0.15) is 11.3 Å². The van der Waals surface area contributed by atoms with Crippen LogP contribution in [-0.4, -0.2) is 26.9 Å². The van der Waals surface area contributed by atoms with Crippen LogP contribution in [0.1, 0.15) is 12.0 Å². The number of methoxy groups -OCH3 is 1. The van der Waals surface area contributed by atoms with E-state index in [-0.39, 0.29) is 5.41 Å². The molecule has 1 saturated heterocycles. The highest BCUT2D eigenvalue weighted by molar-refractivity contribution is 7.08. The quantitative estimate of drug-likeness (QED) is 0.882. The molecule has 0 atom stereocenters. The summed E-state index contributed by atoms with van der Waals surface area (Å²) in [6.45, 7) is 2.63. The zero-order valence-electron chi connectivity index (χ0n) is 11.6. The maximum Gasteiger partial charge on any atom is 0.119 e. The van der Waals surface area contributed by atoms with E-state index in [0.29, 0.717) is 0 Å². The molecule has 106 valence electrons. The number of hydrogen-bond donors (Lipinski definition) is 1. The Bertz CT molecular complexity index is 532. The van der Waals surface area contributed by atoms with E-state index in [4.69, 9.17) is 9.47 Å². The summed E-state index contributed by atoms with van der Waals surface area (Å²) in [7, 11) is 1.68. The number of nitrogens with one attached hydrogen (secondary N) is 1. The van der Waals surface area contributed by atoms with Crippen molar-refractivity contribution in [2.75, 3.05) is 32.2 Å². The highest BCUT2D eigenvalue weighted by Crippen LogP contribution is 2.36. The van der Waals surface area contributed by atoms with Crippen molar-refractivity contribution >= 4 is 17.0 Å². The molecule has 4 heteroatoms. The highest BCUT2D eigenvalue weighted by Gasteiger charge is 2.39. The van der Waals surface area contributed by atoms with Gasteiger partial charge in [0.25, 0.3) is 0 Å². The molecule has 0 saturated carbocycles. The molecule has 0 spiro atoms. The Morgan fingerprint density at radius 3 is 2.60 bits per heavy atom. The third kappa shape index (κ3) is 2.67. The molecular formula is C16H19NO2S. The van der Waals surface area contributed by atoms with Gasteiger partial charge in [-0.25, -0.2) is 0 Å². The zero-order valence-corrected chi connectivity index (χ0v) is 12.4. The lowest BCUT2D eigenvalue weighted by Crippen LogP contribution is -2.47. The van der Waals surface area contributed by atoms with E-state index in [0.717, 1.165) is 37.6 Å². The number of ether oxygens (including phenoxy) is 2. The Balaban J connectivity index is 1.56. The number of benzene rings is 1. The van der Waals surface area contributed by atoms with Crippen molar-refractivity contribution < 1.29 is 9.47 Å². The van der Waals surface area contributed by atoms with Crippen molar-refractivity contribution in [2.24, 2.45) is 0 Å². The maximum atomic E-state index is 5.46. The van der Waals surface area contributed by atoms with Crippen molar-refractivity contribution in [2.45, 2.75) is 11.8 Å². The standard InChI is InChI=1S/C16H19NO2S/c1-18-15-4-2-14(3-5-15)17-8-7-16(11-19-12-16)13-6-9-20-10-13/h2-6,9-10,17H,7-8,11-12H2,1H3. The molecule has 3 nitrogen and oxygen atoms in total. The van der Waals surface area contributed by atoms with Gasteiger partial charge in [-0.3, -0.25) is 0 Å². The molecule has 2 heterocycles. The van der Waals surface area contributed by atoms with Crippen LogP contribution in [0.15, 0.2) is 41.1 Å². The molecule has 1 aromatic carbocycles. The monoisotopic (exact) mass is 289 g/mol. The number of thiophene rings is 1. The summed E-state index contributed by atoms with van der Waals surface area (Å²) in [6, 6.07) is 10.3. The van der Waals surface area contributed by atoms with E-state index in [1.807, 2.05) is 24.3 Å². The van der Waals surface area contributed by atoms with Crippen LogP contribution >= 0.6 is 11.3 Å². The summed E-state index contributed by atoms with van der Waals surface area (Å²) in [4.78, 5) is 0. The molecule has 0 radical (unpaired) electrons. The molecule has 1 aliphatic rings. The number of hydrogen-bond acceptors (Lipinski definition) is 4. The first-order valence-corrected chi connectivity index (χ1v) is 7.75. The predicted octanol–water partition coefficient (Wildman–Crippen LogP) is 3.53. The second-order valence-corrected chi connectivity index (χ2v) is 5.97. The molecule has 1 fully saturated rings. The second kappa shape index (κ2) is 5.85. The second-order valence-electron chi connectivity index (χ2n) is 5.19. The van der Waals surface area contributed by atoms with Gasteiger partial charge in [-0.1, -0.05) is 0 Å². The SMILES string of the molecule is COc1ccc(NCCC2(c3ccsc3)COC2)cc1. The minimum absolute atomic E-state index is 0.222. The Hall–Kier alpha value is -1.52. The van der Waals surface area contributed by atoms with Gasteiger partial charge in [0.2, 0.25) is 0 Å². The lowest BCUT2D eigenvalue weighted by Gasteiger charge is -2.41. The van der Waals surface area contributed by atoms with Crippen LogP contribution in [0.4, 0.5) is 5.69 Å². The zero-order chi connectivity index (χ0) is 13.8. The Kier molecular flexibility index (Phi) is 3.94. The Labute approximate surface area is 123 Å². The van der Waals surface area contributed by atoms with E-state index >= 15 is 0 Å². The van der Waals surface area contributed by atoms with Crippen molar-refractivity contribution in [3.8, 4) is 5.75 Å². The first kappa shape index (κ1) is 13.5. The Morgan fingerprint density at radius 2 is 2.05 bits per heavy atom. The molecule has 0 aliphatic carbocycles. The van der Waals surface area contributed by atoms with Crippen molar-refractivity contribution in [3.05, 3.63) is 46.7 Å². The smallest absolute Gasteiger partial charge is 0.119 e. The lowest BCUT2D eigenvalue weighted by atomic mass is 9.77. The summed E-state index contributed by atoms with van der Waals surface area (Å²) in [5.74, 6) is 0.887. The molecule has 1 aliphatic heterocycles. The van der Waals surface area contributed by atoms with E-state index in [9.17, 15) is 0 Å². The van der Waals surface area contributed by atoms with Crippen LogP contribution in [0.3, 0.4) is 0 Å². The maximum absolute atomic E-state index is 5.46. The van der Waals surface area contributed by atoms with Gasteiger partial charge >= 0.3 is 0 Å². The number of rotatable bonds is 6. The number of anilines is 1. The van der Waals surface area contributed by atoms with Gasteiger partial charge in [-0.05, 0) is 53.1 Å². The van der Waals surface area contributed by atoms with Crippen molar-refractivity contribution in [3.63, 3.8) is 0 Å². The first-order valence-electron chi connectivity index (χ1n) is 6.81. The summed E-state index contributed by atoms with van der Waals surface area (Å²) in [5.41, 5.74) is 2.77. The third-order valence-corrected chi connectivity index (χ3v) is 4.60. The normalized spacial score (nSPS) is 16.4. The van der Waals surface area contributed by atoms with Crippen LogP contribution < -0.4 is 10.1 Å². The van der Waals surface area contributed by atoms with Crippen LogP contribution in [-0.2, 0) is 10.2 Å². The molecule has 0 bridgehead atoms. The summed E-state index contributed by atoms with van der Waals surface area (Å²) in [5, 5.41) is 7.87. The van der Waals surface area contributed by atoms with Gasteiger partial charge < -0.3 is 14.8 Å². The summed E-state index contributed by atoms with van der Waals surface area (Å²) in [6.07, 6.45) is 1.09. The minimum Gasteiger partial charge on any atom is -0.497 e. The predicted molar refractivity (Wildman–Crippen MR) is 82.9 cm³/mol. The molecular weight excluding hydrogens is 270 g/mol. The molecule has 1 aromatic heterocycles. The summed E-state index contributed by atoms with van der Waals surface area (Å²) >= 11 is 1.76. The summed E-state index contributed by atoms with van der Waals surface area (Å²) < 4.78 is 10.6. The van der Waals surface area contributed by atoms with Crippen LogP contribution in [0.5, 0.6) is 5.75 Å². The fourth-order valence-electron chi connectivity index (χ4n) is 2.53. The first-order chi connectivity index (χ1) is 9.82. The fraction of sp³-hybridized carbons (Fsp3) is 0.375. The van der Waals surface area contributed by atoms with Gasteiger partial charge in [0, 0.05) is 17.6 Å². The van der Waals surface area contributed by atoms with Gasteiger partial charge in [0.15, 0.2) is 0 Å². The highest BCUT2D eigenvalue weighted by atomic mass is 32.1. The molecule has 0 unspecified atom stereocenters. The third-order valence-electron chi connectivity index (χ3n) is 3.91.